The zero-order valence-electron chi connectivity index (χ0n) is 9.01. The summed E-state index contributed by atoms with van der Waals surface area (Å²) in [5.41, 5.74) is 7.93. The van der Waals surface area contributed by atoms with Gasteiger partial charge in [-0.25, -0.2) is 9.97 Å². The molecular formula is C12H15N3. The average Bonchev–Trinajstić information content (AvgIpc) is 2.17. The molecule has 3 heteroatoms. The van der Waals surface area contributed by atoms with Gasteiger partial charge < -0.3 is 5.73 Å². The zero-order chi connectivity index (χ0) is 10.8. The summed E-state index contributed by atoms with van der Waals surface area (Å²) in [6, 6.07) is 1.94. The molecule has 0 amide bonds. The van der Waals surface area contributed by atoms with Crippen LogP contribution in [-0.2, 0) is 0 Å². The summed E-state index contributed by atoms with van der Waals surface area (Å²) in [6.07, 6.45) is 8.13. The Labute approximate surface area is 89.7 Å². The number of nitrogens with zero attached hydrogens (tertiary/aromatic N) is 2. The van der Waals surface area contributed by atoms with Crippen LogP contribution in [0.15, 0.2) is 36.1 Å². The van der Waals surface area contributed by atoms with Crippen molar-refractivity contribution in [2.45, 2.75) is 19.8 Å². The van der Waals surface area contributed by atoms with Gasteiger partial charge in [0.05, 0.1) is 5.69 Å². The third-order valence-electron chi connectivity index (χ3n) is 2.80. The van der Waals surface area contributed by atoms with Gasteiger partial charge in [-0.05, 0) is 18.9 Å². The molecule has 1 aromatic rings. The van der Waals surface area contributed by atoms with Gasteiger partial charge in [0.2, 0.25) is 5.95 Å². The van der Waals surface area contributed by atoms with Gasteiger partial charge >= 0.3 is 0 Å². The molecule has 0 saturated carbocycles. The van der Waals surface area contributed by atoms with Crippen LogP contribution in [-0.4, -0.2) is 9.97 Å². The van der Waals surface area contributed by atoms with Crippen LogP contribution in [0.25, 0.3) is 0 Å². The van der Waals surface area contributed by atoms with Gasteiger partial charge in [-0.3, -0.25) is 0 Å². The first-order valence-electron chi connectivity index (χ1n) is 5.12. The number of allylic oxidation sites excluding steroid dienone is 4. The van der Waals surface area contributed by atoms with E-state index in [9.17, 15) is 0 Å². The lowest BCUT2D eigenvalue weighted by Crippen LogP contribution is -2.14. The summed E-state index contributed by atoms with van der Waals surface area (Å²) < 4.78 is 0. The van der Waals surface area contributed by atoms with E-state index in [1.54, 1.807) is 6.20 Å². The van der Waals surface area contributed by atoms with Crippen molar-refractivity contribution >= 4 is 5.95 Å². The highest BCUT2D eigenvalue weighted by molar-refractivity contribution is 5.33. The number of anilines is 1. The second kappa shape index (κ2) is 3.85. The Morgan fingerprint density at radius 3 is 2.87 bits per heavy atom. The second-order valence-electron chi connectivity index (χ2n) is 3.97. The predicted molar refractivity (Wildman–Crippen MR) is 61.2 cm³/mol. The average molecular weight is 201 g/mol. The monoisotopic (exact) mass is 201 g/mol. The summed E-state index contributed by atoms with van der Waals surface area (Å²) in [5, 5.41) is 0. The van der Waals surface area contributed by atoms with Crippen LogP contribution in [0.2, 0.25) is 0 Å². The van der Waals surface area contributed by atoms with Crippen LogP contribution in [0.1, 0.15) is 25.5 Å². The number of aromatic nitrogens is 2. The minimum Gasteiger partial charge on any atom is -0.368 e. The molecule has 0 radical (unpaired) electrons. The highest BCUT2D eigenvalue weighted by atomic mass is 15.0. The fourth-order valence-corrected chi connectivity index (χ4v) is 2.08. The Morgan fingerprint density at radius 2 is 2.20 bits per heavy atom. The van der Waals surface area contributed by atoms with E-state index in [1.165, 1.54) is 5.57 Å². The van der Waals surface area contributed by atoms with Gasteiger partial charge in [-0.15, -0.1) is 0 Å². The van der Waals surface area contributed by atoms with Crippen LogP contribution >= 0.6 is 0 Å². The van der Waals surface area contributed by atoms with Crippen molar-refractivity contribution in [1.29, 1.82) is 0 Å². The lowest BCUT2D eigenvalue weighted by molar-refractivity contribution is 0.591. The lowest BCUT2D eigenvalue weighted by Gasteiger charge is -2.24. The Bertz CT molecular complexity index is 421. The number of rotatable bonds is 1. The number of nitrogen functional groups attached to an aromatic ring is 1. The summed E-state index contributed by atoms with van der Waals surface area (Å²) in [6.45, 7) is 4.32. The van der Waals surface area contributed by atoms with Crippen molar-refractivity contribution < 1.29 is 0 Å². The molecule has 3 nitrogen and oxygen atoms in total. The van der Waals surface area contributed by atoms with Gasteiger partial charge in [-0.2, -0.15) is 0 Å². The van der Waals surface area contributed by atoms with Gasteiger partial charge in [0.1, 0.15) is 0 Å². The smallest absolute Gasteiger partial charge is 0.220 e. The van der Waals surface area contributed by atoms with Crippen molar-refractivity contribution in [1.82, 2.24) is 9.97 Å². The molecule has 2 rings (SSSR count). The van der Waals surface area contributed by atoms with Crippen LogP contribution in [0, 0.1) is 5.92 Å². The first kappa shape index (κ1) is 9.90. The maximum atomic E-state index is 5.60. The van der Waals surface area contributed by atoms with Crippen molar-refractivity contribution in [3.8, 4) is 0 Å². The topological polar surface area (TPSA) is 51.8 Å². The summed E-state index contributed by atoms with van der Waals surface area (Å²) >= 11 is 0. The highest BCUT2D eigenvalue weighted by Crippen LogP contribution is 2.33. The largest absolute Gasteiger partial charge is 0.368 e. The molecule has 1 aromatic heterocycles. The Morgan fingerprint density at radius 1 is 1.40 bits per heavy atom. The third kappa shape index (κ3) is 1.91. The quantitative estimate of drug-likeness (QED) is 0.758. The molecule has 1 heterocycles. The van der Waals surface area contributed by atoms with Gasteiger partial charge in [0, 0.05) is 12.1 Å². The minimum atomic E-state index is 0.334. The lowest BCUT2D eigenvalue weighted by atomic mass is 9.82. The normalized spacial score (nSPS) is 25.1. The molecule has 0 spiro atoms. The van der Waals surface area contributed by atoms with Crippen LogP contribution < -0.4 is 5.73 Å². The first-order chi connectivity index (χ1) is 7.18. The molecule has 15 heavy (non-hydrogen) atoms. The Kier molecular flexibility index (Phi) is 2.54. The SMILES string of the molecule is CC1=CC=C[C@H](C)[C@@H]1c1ccnc(N)n1. The van der Waals surface area contributed by atoms with Crippen LogP contribution in [0.4, 0.5) is 5.95 Å². The van der Waals surface area contributed by atoms with E-state index in [4.69, 9.17) is 5.73 Å². The highest BCUT2D eigenvalue weighted by Gasteiger charge is 2.22. The van der Waals surface area contributed by atoms with E-state index in [1.807, 2.05) is 6.07 Å². The fourth-order valence-electron chi connectivity index (χ4n) is 2.08. The van der Waals surface area contributed by atoms with E-state index in [0.717, 1.165) is 5.69 Å². The van der Waals surface area contributed by atoms with E-state index in [2.05, 4.69) is 42.0 Å². The van der Waals surface area contributed by atoms with Gasteiger partial charge in [-0.1, -0.05) is 30.7 Å². The molecule has 2 atom stereocenters. The summed E-state index contributed by atoms with van der Waals surface area (Å²) in [7, 11) is 0. The molecule has 78 valence electrons. The number of nitrogens with two attached hydrogens (primary N) is 1. The third-order valence-corrected chi connectivity index (χ3v) is 2.80. The second-order valence-corrected chi connectivity index (χ2v) is 3.97. The van der Waals surface area contributed by atoms with Crippen LogP contribution in [0.3, 0.4) is 0 Å². The summed E-state index contributed by atoms with van der Waals surface area (Å²) in [4.78, 5) is 8.20. The molecule has 0 unspecified atom stereocenters. The standard InChI is InChI=1S/C12H15N3/c1-8-4-3-5-9(2)11(8)10-6-7-14-12(13)15-10/h3-8,11H,1-2H3,(H2,13,14,15)/t8-,11-/m0/s1. The molecule has 0 fully saturated rings. The number of hydrogen-bond acceptors (Lipinski definition) is 3. The Hall–Kier alpha value is -1.64. The molecular weight excluding hydrogens is 186 g/mol. The number of hydrogen-bond donors (Lipinski definition) is 1. The maximum absolute atomic E-state index is 5.60. The Balaban J connectivity index is 2.38. The van der Waals surface area contributed by atoms with Crippen molar-refractivity contribution in [2.75, 3.05) is 5.73 Å². The molecule has 1 aliphatic rings. The molecule has 0 saturated heterocycles. The first-order valence-corrected chi connectivity index (χ1v) is 5.12. The maximum Gasteiger partial charge on any atom is 0.220 e. The zero-order valence-corrected chi connectivity index (χ0v) is 9.01. The molecule has 0 aliphatic heterocycles. The van der Waals surface area contributed by atoms with Gasteiger partial charge in [0.15, 0.2) is 0 Å². The van der Waals surface area contributed by atoms with E-state index < -0.39 is 0 Å². The van der Waals surface area contributed by atoms with E-state index in [0.29, 0.717) is 17.8 Å². The van der Waals surface area contributed by atoms with E-state index >= 15 is 0 Å². The molecule has 1 aliphatic carbocycles. The molecule has 2 N–H and O–H groups in total. The van der Waals surface area contributed by atoms with Crippen molar-refractivity contribution in [2.24, 2.45) is 5.92 Å². The van der Waals surface area contributed by atoms with Crippen molar-refractivity contribution in [3.05, 3.63) is 41.8 Å². The van der Waals surface area contributed by atoms with Gasteiger partial charge in [0.25, 0.3) is 0 Å². The predicted octanol–water partition coefficient (Wildman–Crippen LogP) is 2.29. The van der Waals surface area contributed by atoms with Crippen molar-refractivity contribution in [3.63, 3.8) is 0 Å². The van der Waals surface area contributed by atoms with E-state index in [-0.39, 0.29) is 0 Å². The fraction of sp³-hybridized carbons (Fsp3) is 0.333. The molecule has 0 aromatic carbocycles. The van der Waals surface area contributed by atoms with Crippen LogP contribution in [0.5, 0.6) is 0 Å². The summed E-state index contributed by atoms with van der Waals surface area (Å²) in [5.74, 6) is 1.15. The minimum absolute atomic E-state index is 0.334. The molecule has 0 bridgehead atoms.